The van der Waals surface area contributed by atoms with Gasteiger partial charge in [-0.25, -0.2) is 0 Å². The lowest BCUT2D eigenvalue weighted by molar-refractivity contribution is -0.126. The second kappa shape index (κ2) is 8.65. The van der Waals surface area contributed by atoms with Gasteiger partial charge in [-0.1, -0.05) is 29.8 Å². The third-order valence-corrected chi connectivity index (χ3v) is 5.67. The summed E-state index contributed by atoms with van der Waals surface area (Å²) in [4.78, 5) is 15.2. The summed E-state index contributed by atoms with van der Waals surface area (Å²) < 4.78 is 0. The number of nitrogens with one attached hydrogen (secondary N) is 1. The van der Waals surface area contributed by atoms with Crippen molar-refractivity contribution in [3.8, 4) is 0 Å². The molecule has 1 unspecified atom stereocenters. The normalized spacial score (nSPS) is 17.2. The molecule has 0 aliphatic carbocycles. The van der Waals surface area contributed by atoms with Crippen LogP contribution in [-0.2, 0) is 4.79 Å². The fourth-order valence-corrected chi connectivity index (χ4v) is 4.09. The summed E-state index contributed by atoms with van der Waals surface area (Å²) in [5.41, 5.74) is 2.17. The van der Waals surface area contributed by atoms with E-state index in [1.165, 1.54) is 0 Å². The molecule has 1 atom stereocenters. The van der Waals surface area contributed by atoms with E-state index in [1.807, 2.05) is 35.7 Å². The van der Waals surface area contributed by atoms with Crippen molar-refractivity contribution in [3.63, 3.8) is 0 Å². The minimum absolute atomic E-state index is 0.0782. The van der Waals surface area contributed by atoms with Crippen LogP contribution in [0.15, 0.2) is 53.7 Å². The molecule has 1 aromatic heterocycles. The summed E-state index contributed by atoms with van der Waals surface area (Å²) >= 11 is 7.65. The summed E-state index contributed by atoms with van der Waals surface area (Å²) in [7, 11) is 0. The number of hydrogen-bond donors (Lipinski definition) is 1. The number of rotatable bonds is 6. The van der Waals surface area contributed by atoms with Crippen LogP contribution >= 0.6 is 22.9 Å². The van der Waals surface area contributed by atoms with E-state index in [0.29, 0.717) is 5.02 Å². The van der Waals surface area contributed by atoms with Crippen molar-refractivity contribution in [2.24, 2.45) is 5.92 Å². The van der Waals surface area contributed by atoms with Crippen LogP contribution < -0.4 is 5.32 Å². The maximum absolute atomic E-state index is 12.8. The number of halogens is 1. The van der Waals surface area contributed by atoms with Crippen LogP contribution in [0.5, 0.6) is 0 Å². The van der Waals surface area contributed by atoms with Crippen LogP contribution in [0.25, 0.3) is 0 Å². The van der Waals surface area contributed by atoms with E-state index >= 15 is 0 Å². The van der Waals surface area contributed by atoms with Crippen LogP contribution in [0.4, 0.5) is 0 Å². The maximum atomic E-state index is 12.8. The van der Waals surface area contributed by atoms with E-state index in [2.05, 4.69) is 28.2 Å². The van der Waals surface area contributed by atoms with Gasteiger partial charge in [0.05, 0.1) is 6.04 Å². The van der Waals surface area contributed by atoms with E-state index in [1.54, 1.807) is 11.3 Å². The average molecular weight is 375 g/mol. The van der Waals surface area contributed by atoms with Gasteiger partial charge in [0.1, 0.15) is 0 Å². The van der Waals surface area contributed by atoms with E-state index in [4.69, 9.17) is 11.6 Å². The molecule has 25 heavy (non-hydrogen) atoms. The molecular weight excluding hydrogens is 352 g/mol. The molecule has 5 heteroatoms. The van der Waals surface area contributed by atoms with Gasteiger partial charge in [0.15, 0.2) is 0 Å². The minimum atomic E-state index is -0.123. The first-order valence-corrected chi connectivity index (χ1v) is 9.90. The van der Waals surface area contributed by atoms with E-state index < -0.39 is 0 Å². The molecule has 1 N–H and O–H groups in total. The van der Waals surface area contributed by atoms with Crippen molar-refractivity contribution in [1.29, 1.82) is 0 Å². The Morgan fingerprint density at radius 3 is 2.60 bits per heavy atom. The van der Waals surface area contributed by atoms with Gasteiger partial charge in [0, 0.05) is 17.5 Å². The maximum Gasteiger partial charge on any atom is 0.223 e. The largest absolute Gasteiger partial charge is 0.345 e. The highest BCUT2D eigenvalue weighted by Gasteiger charge is 2.27. The molecule has 0 radical (unpaired) electrons. The van der Waals surface area contributed by atoms with E-state index in [9.17, 15) is 4.79 Å². The first kappa shape index (κ1) is 18.2. The molecule has 0 saturated carbocycles. The third-order valence-electron chi connectivity index (χ3n) is 4.71. The molecule has 0 spiro atoms. The molecule has 132 valence electrons. The molecule has 1 aliphatic heterocycles. The van der Waals surface area contributed by atoms with Gasteiger partial charge in [0.2, 0.25) is 5.91 Å². The van der Waals surface area contributed by atoms with Gasteiger partial charge >= 0.3 is 0 Å². The van der Waals surface area contributed by atoms with Crippen LogP contribution in [-0.4, -0.2) is 30.4 Å². The zero-order chi connectivity index (χ0) is 17.6. The molecule has 2 heterocycles. The Balaban J connectivity index is 1.69. The number of carbonyl (C=O) groups excluding carboxylic acids is 1. The molecule has 3 nitrogen and oxygen atoms in total. The second-order valence-corrected chi connectivity index (χ2v) is 7.63. The van der Waals surface area contributed by atoms with Crippen molar-refractivity contribution < 1.29 is 4.79 Å². The molecule has 1 saturated heterocycles. The quantitative estimate of drug-likeness (QED) is 0.755. The summed E-state index contributed by atoms with van der Waals surface area (Å²) in [6.45, 7) is 6.59. The zero-order valence-corrected chi connectivity index (χ0v) is 15.7. The lowest BCUT2D eigenvalue weighted by Crippen LogP contribution is -2.41. The molecule has 1 aromatic carbocycles. The summed E-state index contributed by atoms with van der Waals surface area (Å²) in [6.07, 6.45) is 3.72. The molecular formula is C20H23ClN2OS. The number of hydrogen-bond acceptors (Lipinski definition) is 3. The van der Waals surface area contributed by atoms with Crippen molar-refractivity contribution >= 4 is 28.8 Å². The number of carbonyl (C=O) groups is 1. The Bertz CT molecular complexity index is 691. The van der Waals surface area contributed by atoms with E-state index in [-0.39, 0.29) is 17.9 Å². The van der Waals surface area contributed by atoms with Gasteiger partial charge in [0.25, 0.3) is 0 Å². The SMILES string of the molecule is C=CCN1CCC(C(=O)NC(c2ccc(Cl)cc2)c2ccsc2)CC1. The smallest absolute Gasteiger partial charge is 0.223 e. The van der Waals surface area contributed by atoms with Crippen molar-refractivity contribution in [2.75, 3.05) is 19.6 Å². The Morgan fingerprint density at radius 1 is 1.28 bits per heavy atom. The monoisotopic (exact) mass is 374 g/mol. The van der Waals surface area contributed by atoms with Gasteiger partial charge in [-0.3, -0.25) is 9.69 Å². The third kappa shape index (κ3) is 4.72. The first-order valence-electron chi connectivity index (χ1n) is 8.58. The number of thiophene rings is 1. The van der Waals surface area contributed by atoms with Crippen LogP contribution in [0.2, 0.25) is 5.02 Å². The topological polar surface area (TPSA) is 32.3 Å². The van der Waals surface area contributed by atoms with Crippen molar-refractivity contribution in [2.45, 2.75) is 18.9 Å². The van der Waals surface area contributed by atoms with Gasteiger partial charge in [-0.05, 0) is 66.0 Å². The Labute approximate surface area is 158 Å². The van der Waals surface area contributed by atoms with Gasteiger partial charge < -0.3 is 5.32 Å². The predicted octanol–water partition coefficient (Wildman–Crippen LogP) is 4.51. The lowest BCUT2D eigenvalue weighted by atomic mass is 9.94. The highest BCUT2D eigenvalue weighted by molar-refractivity contribution is 7.08. The fourth-order valence-electron chi connectivity index (χ4n) is 3.27. The second-order valence-electron chi connectivity index (χ2n) is 6.41. The number of nitrogens with zero attached hydrogens (tertiary/aromatic N) is 1. The zero-order valence-electron chi connectivity index (χ0n) is 14.2. The Morgan fingerprint density at radius 2 is 2.00 bits per heavy atom. The number of likely N-dealkylation sites (tertiary alicyclic amines) is 1. The highest BCUT2D eigenvalue weighted by atomic mass is 35.5. The minimum Gasteiger partial charge on any atom is -0.345 e. The van der Waals surface area contributed by atoms with Crippen molar-refractivity contribution in [1.82, 2.24) is 10.2 Å². The average Bonchev–Trinajstić information content (AvgIpc) is 3.16. The number of piperidine rings is 1. The predicted molar refractivity (Wildman–Crippen MR) is 105 cm³/mol. The molecule has 1 aliphatic rings. The van der Waals surface area contributed by atoms with Crippen molar-refractivity contribution in [3.05, 3.63) is 69.9 Å². The molecule has 2 aromatic rings. The first-order chi connectivity index (χ1) is 12.2. The molecule has 0 bridgehead atoms. The van der Waals surface area contributed by atoms with Gasteiger partial charge in [-0.2, -0.15) is 11.3 Å². The molecule has 1 amide bonds. The van der Waals surface area contributed by atoms with Crippen LogP contribution in [0.3, 0.4) is 0 Å². The van der Waals surface area contributed by atoms with Crippen LogP contribution in [0, 0.1) is 5.92 Å². The van der Waals surface area contributed by atoms with Gasteiger partial charge in [-0.15, -0.1) is 6.58 Å². The Hall–Kier alpha value is -1.62. The summed E-state index contributed by atoms with van der Waals surface area (Å²) in [5.74, 6) is 0.221. The lowest BCUT2D eigenvalue weighted by Gasteiger charge is -2.31. The number of amides is 1. The Kier molecular flexibility index (Phi) is 6.29. The summed E-state index contributed by atoms with van der Waals surface area (Å²) in [6, 6.07) is 9.65. The fraction of sp³-hybridized carbons (Fsp3) is 0.350. The molecule has 1 fully saturated rings. The van der Waals surface area contributed by atoms with Crippen LogP contribution in [0.1, 0.15) is 30.0 Å². The number of benzene rings is 1. The summed E-state index contributed by atoms with van der Waals surface area (Å²) in [5, 5.41) is 8.09. The standard InChI is InChI=1S/C20H23ClN2OS/c1-2-10-23-11-7-16(8-12-23)20(24)22-19(17-9-13-25-14-17)15-3-5-18(21)6-4-15/h2-6,9,13-14,16,19H,1,7-8,10-12H2,(H,22,24). The molecule has 3 rings (SSSR count). The highest BCUT2D eigenvalue weighted by Crippen LogP contribution is 2.27. The van der Waals surface area contributed by atoms with E-state index in [0.717, 1.165) is 43.6 Å².